The average molecular weight is 187 g/mol. The summed E-state index contributed by atoms with van der Waals surface area (Å²) in [6.45, 7) is 4.14. The van der Waals surface area contributed by atoms with Crippen LogP contribution in [0.25, 0.3) is 0 Å². The molecular weight excluding hydrogens is 173 g/mol. The molecule has 0 aliphatic rings. The average Bonchev–Trinajstić information content (AvgIpc) is 2.10. The number of nitrogens with zero attached hydrogens (tertiary/aromatic N) is 1. The van der Waals surface area contributed by atoms with Crippen LogP contribution in [0.1, 0.15) is 13.8 Å². The number of halogens is 1. The van der Waals surface area contributed by atoms with Gasteiger partial charge in [0.05, 0.1) is 5.70 Å². The molecule has 0 saturated carbocycles. The van der Waals surface area contributed by atoms with Crippen molar-refractivity contribution in [3.63, 3.8) is 0 Å². The van der Waals surface area contributed by atoms with E-state index in [0.29, 0.717) is 12.2 Å². The second kappa shape index (κ2) is 5.25. The van der Waals surface area contributed by atoms with E-state index < -0.39 is 0 Å². The highest BCUT2D eigenvalue weighted by atomic mass is 19.3. The number of nitrogens with one attached hydrogen (secondary N) is 2. The minimum absolute atomic E-state index is 0.378. The fourth-order valence-corrected chi connectivity index (χ4v) is 0.957. The second-order valence-corrected chi connectivity index (χ2v) is 3.22. The van der Waals surface area contributed by atoms with Gasteiger partial charge < -0.3 is 15.6 Å². The molecule has 0 spiro atoms. The number of rotatable bonds is 5. The van der Waals surface area contributed by atoms with Crippen molar-refractivity contribution in [3.8, 4) is 6.19 Å². The summed E-state index contributed by atoms with van der Waals surface area (Å²) in [6, 6.07) is 0. The summed E-state index contributed by atoms with van der Waals surface area (Å²) in [5.41, 5.74) is 0.203. The Bertz CT molecular complexity index is 220. The Morgan fingerprint density at radius 2 is 2.31 bits per heavy atom. The molecule has 0 aliphatic heterocycles. The van der Waals surface area contributed by atoms with Gasteiger partial charge in [0.2, 0.25) is 0 Å². The van der Waals surface area contributed by atoms with Crippen LogP contribution < -0.4 is 10.6 Å². The van der Waals surface area contributed by atoms with Gasteiger partial charge in [-0.2, -0.15) is 5.26 Å². The van der Waals surface area contributed by atoms with Gasteiger partial charge in [-0.25, -0.2) is 0 Å². The zero-order chi connectivity index (χ0) is 10.3. The summed E-state index contributed by atoms with van der Waals surface area (Å²) in [7, 11) is 1.67. The molecule has 2 N–H and O–H groups in total. The summed E-state index contributed by atoms with van der Waals surface area (Å²) in [4.78, 5) is 3.43. The first kappa shape index (κ1) is 11.6. The van der Waals surface area contributed by atoms with Gasteiger partial charge in [-0.3, -0.25) is 0 Å². The molecular formula is C8H14FN3O. The van der Waals surface area contributed by atoms with Crippen molar-refractivity contribution in [1.29, 1.82) is 5.26 Å². The Morgan fingerprint density at radius 1 is 1.69 bits per heavy atom. The first-order valence-corrected chi connectivity index (χ1v) is 3.86. The van der Waals surface area contributed by atoms with Crippen LogP contribution in [0.5, 0.6) is 0 Å². The van der Waals surface area contributed by atoms with Gasteiger partial charge >= 0.3 is 0 Å². The van der Waals surface area contributed by atoms with Gasteiger partial charge in [-0.15, -0.1) is 0 Å². The van der Waals surface area contributed by atoms with Gasteiger partial charge in [0.25, 0.3) is 0 Å². The monoisotopic (exact) mass is 187 g/mol. The first-order chi connectivity index (χ1) is 6.08. The summed E-state index contributed by atoms with van der Waals surface area (Å²) in [5, 5.41) is 13.6. The largest absolute Gasteiger partial charge is 0.388 e. The molecule has 0 aromatic carbocycles. The molecule has 13 heavy (non-hydrogen) atoms. The standard InChI is InChI=1S/C8H14FN3O/c1-8(2,5-12-6-10)7(11-3)4-13-9/h4,11-12H,5H2,1-3H3/b7-4-. The minimum Gasteiger partial charge on any atom is -0.388 e. The lowest BCUT2D eigenvalue weighted by Gasteiger charge is -2.25. The maximum Gasteiger partial charge on any atom is 0.176 e. The van der Waals surface area contributed by atoms with Gasteiger partial charge in [0, 0.05) is 23.5 Å². The van der Waals surface area contributed by atoms with E-state index in [2.05, 4.69) is 15.6 Å². The van der Waals surface area contributed by atoms with E-state index in [0.717, 1.165) is 6.26 Å². The minimum atomic E-state index is -0.378. The zero-order valence-corrected chi connectivity index (χ0v) is 8.02. The molecule has 0 amide bonds. The van der Waals surface area contributed by atoms with Crippen LogP contribution in [-0.2, 0) is 4.94 Å². The predicted molar refractivity (Wildman–Crippen MR) is 46.7 cm³/mol. The fourth-order valence-electron chi connectivity index (χ4n) is 0.957. The van der Waals surface area contributed by atoms with Crippen LogP contribution in [0, 0.1) is 16.9 Å². The lowest BCUT2D eigenvalue weighted by atomic mass is 9.89. The summed E-state index contributed by atoms with van der Waals surface area (Å²) >= 11 is 0. The van der Waals surface area contributed by atoms with Crippen LogP contribution in [0.3, 0.4) is 0 Å². The highest BCUT2D eigenvalue weighted by molar-refractivity contribution is 5.08. The maximum absolute atomic E-state index is 11.6. The van der Waals surface area contributed by atoms with Crippen molar-refractivity contribution in [2.75, 3.05) is 13.6 Å². The zero-order valence-electron chi connectivity index (χ0n) is 8.02. The number of hydrogen-bond donors (Lipinski definition) is 2. The highest BCUT2D eigenvalue weighted by Crippen LogP contribution is 2.22. The highest BCUT2D eigenvalue weighted by Gasteiger charge is 2.23. The summed E-state index contributed by atoms with van der Waals surface area (Å²) < 4.78 is 11.6. The molecule has 0 unspecified atom stereocenters. The lowest BCUT2D eigenvalue weighted by molar-refractivity contribution is -0.0649. The number of nitriles is 1. The van der Waals surface area contributed by atoms with Crippen LogP contribution in [-0.4, -0.2) is 13.6 Å². The Kier molecular flexibility index (Phi) is 4.67. The normalized spacial score (nSPS) is 11.8. The van der Waals surface area contributed by atoms with Gasteiger partial charge in [-0.1, -0.05) is 13.8 Å². The van der Waals surface area contributed by atoms with Crippen LogP contribution in [0.15, 0.2) is 12.0 Å². The van der Waals surface area contributed by atoms with E-state index in [9.17, 15) is 4.53 Å². The van der Waals surface area contributed by atoms with E-state index in [1.165, 1.54) is 0 Å². The SMILES string of the molecule is CN/C(=C\OF)C(C)(C)CNC#N. The molecule has 0 atom stereocenters. The maximum atomic E-state index is 11.6. The Morgan fingerprint density at radius 3 is 2.69 bits per heavy atom. The molecule has 0 bridgehead atoms. The van der Waals surface area contributed by atoms with E-state index in [1.807, 2.05) is 13.8 Å². The second-order valence-electron chi connectivity index (χ2n) is 3.22. The topological polar surface area (TPSA) is 57.1 Å². The van der Waals surface area contributed by atoms with E-state index in [4.69, 9.17) is 5.26 Å². The Balaban J connectivity index is 4.40. The molecule has 0 aliphatic carbocycles. The fraction of sp³-hybridized carbons (Fsp3) is 0.625. The van der Waals surface area contributed by atoms with Crippen LogP contribution in [0.4, 0.5) is 4.53 Å². The Labute approximate surface area is 77.3 Å². The summed E-state index contributed by atoms with van der Waals surface area (Å²) in [6.07, 6.45) is 2.79. The number of hydrogen-bond acceptors (Lipinski definition) is 4. The third kappa shape index (κ3) is 3.65. The van der Waals surface area contributed by atoms with Gasteiger partial charge in [0.15, 0.2) is 12.5 Å². The first-order valence-electron chi connectivity index (χ1n) is 3.86. The third-order valence-corrected chi connectivity index (χ3v) is 1.77. The smallest absolute Gasteiger partial charge is 0.176 e. The molecule has 0 rings (SSSR count). The predicted octanol–water partition coefficient (Wildman–Crippen LogP) is 1.05. The molecule has 0 aromatic heterocycles. The van der Waals surface area contributed by atoms with Gasteiger partial charge in [0.1, 0.15) is 0 Å². The van der Waals surface area contributed by atoms with Crippen LogP contribution >= 0.6 is 0 Å². The quantitative estimate of drug-likeness (QED) is 0.383. The van der Waals surface area contributed by atoms with E-state index in [-0.39, 0.29) is 5.41 Å². The van der Waals surface area contributed by atoms with Crippen molar-refractivity contribution in [2.45, 2.75) is 13.8 Å². The lowest BCUT2D eigenvalue weighted by Crippen LogP contribution is -2.33. The molecule has 4 nitrogen and oxygen atoms in total. The van der Waals surface area contributed by atoms with E-state index in [1.54, 1.807) is 13.2 Å². The molecule has 0 aromatic rings. The molecule has 0 saturated heterocycles. The molecule has 74 valence electrons. The summed E-state index contributed by atoms with van der Waals surface area (Å²) in [5.74, 6) is 0. The van der Waals surface area contributed by atoms with Crippen molar-refractivity contribution >= 4 is 0 Å². The van der Waals surface area contributed by atoms with Gasteiger partial charge in [-0.05, 0) is 0 Å². The van der Waals surface area contributed by atoms with Crippen molar-refractivity contribution in [3.05, 3.63) is 12.0 Å². The molecule has 0 heterocycles. The Hall–Kier alpha value is -1.44. The van der Waals surface area contributed by atoms with Crippen molar-refractivity contribution in [2.24, 2.45) is 5.41 Å². The van der Waals surface area contributed by atoms with Crippen LogP contribution in [0.2, 0.25) is 0 Å². The molecule has 0 radical (unpaired) electrons. The van der Waals surface area contributed by atoms with Crippen molar-refractivity contribution in [1.82, 2.24) is 10.6 Å². The third-order valence-electron chi connectivity index (χ3n) is 1.77. The van der Waals surface area contributed by atoms with E-state index >= 15 is 0 Å². The van der Waals surface area contributed by atoms with Crippen molar-refractivity contribution < 1.29 is 9.47 Å². The molecule has 5 heteroatoms. The molecule has 0 fully saturated rings.